The summed E-state index contributed by atoms with van der Waals surface area (Å²) in [6.45, 7) is 1.77. The maximum Gasteiger partial charge on any atom is 0.328 e. The fraction of sp³-hybridized carbons (Fsp3) is 0.375. The van der Waals surface area contributed by atoms with Gasteiger partial charge in [-0.3, -0.25) is 14.6 Å². The van der Waals surface area contributed by atoms with E-state index in [2.05, 4.69) is 4.98 Å². The fourth-order valence-corrected chi connectivity index (χ4v) is 0.898. The molecule has 0 spiro atoms. The molecule has 1 N–H and O–H groups in total. The van der Waals surface area contributed by atoms with Crippen molar-refractivity contribution in [3.63, 3.8) is 0 Å². The minimum absolute atomic E-state index is 0.0121. The lowest BCUT2D eigenvalue weighted by atomic mass is 10.3. The molecule has 1 heterocycles. The van der Waals surface area contributed by atoms with E-state index in [1.807, 2.05) is 0 Å². The van der Waals surface area contributed by atoms with Crippen molar-refractivity contribution in [1.82, 2.24) is 9.55 Å². The molecule has 0 aliphatic carbocycles. The Kier molecular flexibility index (Phi) is 2.79. The lowest BCUT2D eigenvalue weighted by Gasteiger charge is -2.00. The number of hydrogen-bond donors (Lipinski definition) is 1. The summed E-state index contributed by atoms with van der Waals surface area (Å²) in [5, 5.41) is 0. The van der Waals surface area contributed by atoms with Gasteiger partial charge in [-0.1, -0.05) is 0 Å². The zero-order chi connectivity index (χ0) is 9.84. The molecule has 70 valence electrons. The number of hydrogen-bond acceptors (Lipinski definition) is 3. The first-order valence-corrected chi connectivity index (χ1v) is 3.89. The number of carbonyl (C=O) groups is 1. The molecule has 1 aromatic rings. The number of aromatic amines is 1. The summed E-state index contributed by atoms with van der Waals surface area (Å²) in [4.78, 5) is 34.4. The predicted octanol–water partition coefficient (Wildman–Crippen LogP) is -0.484. The SMILES string of the molecule is CC(=O)CCn1ccc(=O)[nH]c1=O. The first-order chi connectivity index (χ1) is 6.09. The highest BCUT2D eigenvalue weighted by Gasteiger charge is 1.97. The average Bonchev–Trinajstić information content (AvgIpc) is 2.02. The molecule has 0 saturated heterocycles. The highest BCUT2D eigenvalue weighted by molar-refractivity contribution is 5.75. The molecule has 0 radical (unpaired) electrons. The van der Waals surface area contributed by atoms with E-state index in [4.69, 9.17) is 0 Å². The van der Waals surface area contributed by atoms with Crippen molar-refractivity contribution >= 4 is 5.78 Å². The molecule has 0 unspecified atom stereocenters. The van der Waals surface area contributed by atoms with Crippen LogP contribution in [0.25, 0.3) is 0 Å². The van der Waals surface area contributed by atoms with Crippen LogP contribution in [0.2, 0.25) is 0 Å². The van der Waals surface area contributed by atoms with E-state index in [1.54, 1.807) is 0 Å². The molecule has 0 saturated carbocycles. The van der Waals surface area contributed by atoms with E-state index >= 15 is 0 Å². The van der Waals surface area contributed by atoms with Gasteiger partial charge in [0, 0.05) is 25.2 Å². The first-order valence-electron chi connectivity index (χ1n) is 3.89. The van der Waals surface area contributed by atoms with Gasteiger partial charge in [0.25, 0.3) is 5.56 Å². The Morgan fingerprint density at radius 2 is 2.23 bits per heavy atom. The maximum atomic E-state index is 11.0. The van der Waals surface area contributed by atoms with E-state index in [0.717, 1.165) is 0 Å². The van der Waals surface area contributed by atoms with Crippen molar-refractivity contribution < 1.29 is 4.79 Å². The van der Waals surface area contributed by atoms with Gasteiger partial charge in [-0.05, 0) is 6.92 Å². The van der Waals surface area contributed by atoms with Gasteiger partial charge in [0.1, 0.15) is 5.78 Å². The van der Waals surface area contributed by atoms with Gasteiger partial charge in [0.15, 0.2) is 0 Å². The Balaban J connectivity index is 2.84. The van der Waals surface area contributed by atoms with Crippen LogP contribution in [-0.2, 0) is 11.3 Å². The number of aromatic nitrogens is 2. The van der Waals surface area contributed by atoms with Gasteiger partial charge in [-0.25, -0.2) is 4.79 Å². The van der Waals surface area contributed by atoms with Gasteiger partial charge >= 0.3 is 5.69 Å². The largest absolute Gasteiger partial charge is 0.328 e. The normalized spacial score (nSPS) is 9.92. The van der Waals surface area contributed by atoms with Gasteiger partial charge in [-0.15, -0.1) is 0 Å². The summed E-state index contributed by atoms with van der Waals surface area (Å²) in [5.74, 6) is 0.0121. The van der Waals surface area contributed by atoms with Crippen molar-refractivity contribution in [2.45, 2.75) is 19.9 Å². The molecule has 5 nitrogen and oxygen atoms in total. The molecular formula is C8H10N2O3. The summed E-state index contributed by atoms with van der Waals surface area (Å²) in [6, 6.07) is 1.25. The third-order valence-corrected chi connectivity index (χ3v) is 1.60. The van der Waals surface area contributed by atoms with Crippen LogP contribution in [0.4, 0.5) is 0 Å². The fourth-order valence-electron chi connectivity index (χ4n) is 0.898. The van der Waals surface area contributed by atoms with Crippen molar-refractivity contribution in [2.24, 2.45) is 0 Å². The van der Waals surface area contributed by atoms with E-state index < -0.39 is 11.2 Å². The summed E-state index contributed by atoms with van der Waals surface area (Å²) in [5.41, 5.74) is -0.905. The second-order valence-electron chi connectivity index (χ2n) is 2.76. The molecule has 0 aromatic carbocycles. The van der Waals surface area contributed by atoms with Crippen LogP contribution < -0.4 is 11.2 Å². The molecule has 0 fully saturated rings. The number of ketones is 1. The molecule has 1 aromatic heterocycles. The average molecular weight is 182 g/mol. The van der Waals surface area contributed by atoms with Gasteiger partial charge < -0.3 is 4.57 Å². The number of nitrogens with zero attached hydrogens (tertiary/aromatic N) is 1. The van der Waals surface area contributed by atoms with Gasteiger partial charge in [0.2, 0.25) is 0 Å². The van der Waals surface area contributed by atoms with Crippen molar-refractivity contribution in [3.05, 3.63) is 33.1 Å². The number of rotatable bonds is 3. The number of carbonyl (C=O) groups excluding carboxylic acids is 1. The Morgan fingerprint density at radius 1 is 1.54 bits per heavy atom. The smallest absolute Gasteiger partial charge is 0.300 e. The van der Waals surface area contributed by atoms with Gasteiger partial charge in [-0.2, -0.15) is 0 Å². The monoisotopic (exact) mass is 182 g/mol. The number of H-pyrrole nitrogens is 1. The van der Waals surface area contributed by atoms with E-state index in [1.165, 1.54) is 23.8 Å². The first kappa shape index (κ1) is 9.44. The van der Waals surface area contributed by atoms with Crippen LogP contribution in [0.1, 0.15) is 13.3 Å². The standard InChI is InChI=1S/C8H10N2O3/c1-6(11)2-4-10-5-3-7(12)9-8(10)13/h3,5H,2,4H2,1H3,(H,9,12,13). The van der Waals surface area contributed by atoms with Crippen molar-refractivity contribution in [1.29, 1.82) is 0 Å². The highest BCUT2D eigenvalue weighted by Crippen LogP contribution is 1.85. The molecule has 1 rings (SSSR count). The molecule has 5 heteroatoms. The zero-order valence-electron chi connectivity index (χ0n) is 7.24. The Morgan fingerprint density at radius 3 is 2.77 bits per heavy atom. The molecule has 0 atom stereocenters. The predicted molar refractivity (Wildman–Crippen MR) is 46.6 cm³/mol. The Hall–Kier alpha value is -1.65. The lowest BCUT2D eigenvalue weighted by Crippen LogP contribution is -2.29. The Bertz CT molecular complexity index is 416. The maximum absolute atomic E-state index is 11.0. The van der Waals surface area contributed by atoms with Crippen LogP contribution in [0.15, 0.2) is 21.9 Å². The second-order valence-corrected chi connectivity index (χ2v) is 2.76. The molecule has 0 bridgehead atoms. The van der Waals surface area contributed by atoms with Crippen LogP contribution >= 0.6 is 0 Å². The Labute approximate surface area is 74.0 Å². The number of nitrogens with one attached hydrogen (secondary N) is 1. The molecule has 0 aliphatic rings. The summed E-state index contributed by atoms with van der Waals surface area (Å²) in [7, 11) is 0. The summed E-state index contributed by atoms with van der Waals surface area (Å²) in [6.07, 6.45) is 1.68. The van der Waals surface area contributed by atoms with Crippen molar-refractivity contribution in [2.75, 3.05) is 0 Å². The van der Waals surface area contributed by atoms with Crippen LogP contribution in [-0.4, -0.2) is 15.3 Å². The van der Waals surface area contributed by atoms with Crippen LogP contribution in [0.3, 0.4) is 0 Å². The molecule has 13 heavy (non-hydrogen) atoms. The third kappa shape index (κ3) is 2.70. The highest BCUT2D eigenvalue weighted by atomic mass is 16.2. The minimum atomic E-state index is -0.478. The minimum Gasteiger partial charge on any atom is -0.300 e. The lowest BCUT2D eigenvalue weighted by molar-refractivity contribution is -0.117. The van der Waals surface area contributed by atoms with E-state index in [-0.39, 0.29) is 5.78 Å². The zero-order valence-corrected chi connectivity index (χ0v) is 7.24. The summed E-state index contributed by atoms with van der Waals surface area (Å²) < 4.78 is 1.29. The third-order valence-electron chi connectivity index (χ3n) is 1.60. The van der Waals surface area contributed by atoms with E-state index in [9.17, 15) is 14.4 Å². The second kappa shape index (κ2) is 3.84. The van der Waals surface area contributed by atoms with Crippen LogP contribution in [0.5, 0.6) is 0 Å². The van der Waals surface area contributed by atoms with Crippen LogP contribution in [0, 0.1) is 0 Å². The summed E-state index contributed by atoms with van der Waals surface area (Å²) >= 11 is 0. The number of aryl methyl sites for hydroxylation is 1. The number of Topliss-reactive ketones (excluding diaryl/α,β-unsaturated/α-hetero) is 1. The van der Waals surface area contributed by atoms with Crippen molar-refractivity contribution in [3.8, 4) is 0 Å². The van der Waals surface area contributed by atoms with Gasteiger partial charge in [0.05, 0.1) is 0 Å². The molecule has 0 aliphatic heterocycles. The molecular weight excluding hydrogens is 172 g/mol. The quantitative estimate of drug-likeness (QED) is 0.686. The van der Waals surface area contributed by atoms with E-state index in [0.29, 0.717) is 13.0 Å². The topological polar surface area (TPSA) is 71.9 Å². The molecule has 0 amide bonds.